The number of carbonyl (C=O) groups excluding carboxylic acids is 1. The number of H-pyrrole nitrogens is 1. The van der Waals surface area contributed by atoms with Crippen LogP contribution < -0.4 is 5.32 Å². The van der Waals surface area contributed by atoms with Gasteiger partial charge in [0.2, 0.25) is 5.91 Å². The van der Waals surface area contributed by atoms with Crippen molar-refractivity contribution in [2.45, 2.75) is 19.4 Å². The maximum absolute atomic E-state index is 13.4. The average Bonchev–Trinajstić information content (AvgIpc) is 2.88. The molecule has 19 heavy (non-hydrogen) atoms. The fraction of sp³-hybridized carbons (Fsp3) is 0.231. The molecule has 1 amide bonds. The molecule has 0 saturated heterocycles. The van der Waals surface area contributed by atoms with Crippen LogP contribution in [-0.4, -0.2) is 15.9 Å². The molecule has 4 nitrogen and oxygen atoms in total. The number of rotatable bonds is 4. The summed E-state index contributed by atoms with van der Waals surface area (Å²) >= 11 is 0. The van der Waals surface area contributed by atoms with E-state index in [1.54, 1.807) is 19.3 Å². The molecular formula is C13H13F2N3O. The van der Waals surface area contributed by atoms with Crippen molar-refractivity contribution in [3.63, 3.8) is 0 Å². The Labute approximate surface area is 108 Å². The molecule has 100 valence electrons. The van der Waals surface area contributed by atoms with Gasteiger partial charge in [0.05, 0.1) is 12.5 Å². The molecule has 0 aliphatic carbocycles. The molecule has 1 aromatic heterocycles. The molecule has 6 heteroatoms. The average molecular weight is 265 g/mol. The second-order valence-corrected chi connectivity index (χ2v) is 4.14. The Morgan fingerprint density at radius 3 is 2.68 bits per heavy atom. The summed E-state index contributed by atoms with van der Waals surface area (Å²) in [7, 11) is 0. The summed E-state index contributed by atoms with van der Waals surface area (Å²) in [6, 6.07) is 3.17. The lowest BCUT2D eigenvalue weighted by atomic mass is 10.1. The number of hydrogen-bond donors (Lipinski definition) is 2. The number of hydrogen-bond acceptors (Lipinski definition) is 2. The van der Waals surface area contributed by atoms with E-state index in [4.69, 9.17) is 0 Å². The van der Waals surface area contributed by atoms with Crippen LogP contribution in [0.15, 0.2) is 30.6 Å². The number of halogens is 2. The molecule has 1 unspecified atom stereocenters. The zero-order valence-corrected chi connectivity index (χ0v) is 10.3. The van der Waals surface area contributed by atoms with Gasteiger partial charge >= 0.3 is 0 Å². The first-order chi connectivity index (χ1) is 9.08. The van der Waals surface area contributed by atoms with Crippen LogP contribution in [0.1, 0.15) is 24.4 Å². The Morgan fingerprint density at radius 2 is 2.11 bits per heavy atom. The highest BCUT2D eigenvalue weighted by Crippen LogP contribution is 2.13. The predicted molar refractivity (Wildman–Crippen MR) is 65.2 cm³/mol. The lowest BCUT2D eigenvalue weighted by molar-refractivity contribution is -0.121. The molecular weight excluding hydrogens is 252 g/mol. The SMILES string of the molecule is CC(NC(=O)Cc1c(F)cccc1F)c1ncc[nH]1. The monoisotopic (exact) mass is 265 g/mol. The van der Waals surface area contributed by atoms with E-state index < -0.39 is 17.5 Å². The first kappa shape index (κ1) is 13.2. The van der Waals surface area contributed by atoms with Crippen molar-refractivity contribution in [3.05, 3.63) is 53.6 Å². The molecule has 1 atom stereocenters. The quantitative estimate of drug-likeness (QED) is 0.889. The highest BCUT2D eigenvalue weighted by atomic mass is 19.1. The van der Waals surface area contributed by atoms with Crippen molar-refractivity contribution in [1.82, 2.24) is 15.3 Å². The fourth-order valence-electron chi connectivity index (χ4n) is 1.74. The lowest BCUT2D eigenvalue weighted by Crippen LogP contribution is -2.29. The van der Waals surface area contributed by atoms with Gasteiger partial charge in [-0.15, -0.1) is 0 Å². The van der Waals surface area contributed by atoms with Gasteiger partial charge in [0.15, 0.2) is 0 Å². The van der Waals surface area contributed by atoms with Crippen LogP contribution in [0.4, 0.5) is 8.78 Å². The first-order valence-corrected chi connectivity index (χ1v) is 5.79. The Morgan fingerprint density at radius 1 is 1.42 bits per heavy atom. The molecule has 1 aromatic carbocycles. The van der Waals surface area contributed by atoms with Gasteiger partial charge < -0.3 is 10.3 Å². The van der Waals surface area contributed by atoms with Gasteiger partial charge in [-0.05, 0) is 19.1 Å². The maximum atomic E-state index is 13.4. The molecule has 1 heterocycles. The third-order valence-corrected chi connectivity index (χ3v) is 2.71. The van der Waals surface area contributed by atoms with E-state index >= 15 is 0 Å². The Bertz CT molecular complexity index is 549. The predicted octanol–water partition coefficient (Wildman–Crippen LogP) is 2.11. The minimum Gasteiger partial charge on any atom is -0.347 e. The van der Waals surface area contributed by atoms with E-state index in [1.807, 2.05) is 0 Å². The van der Waals surface area contributed by atoms with Gasteiger partial charge in [-0.2, -0.15) is 0 Å². The van der Waals surface area contributed by atoms with Crippen molar-refractivity contribution in [2.24, 2.45) is 0 Å². The summed E-state index contributed by atoms with van der Waals surface area (Å²) in [5.41, 5.74) is -0.230. The highest BCUT2D eigenvalue weighted by Gasteiger charge is 2.16. The molecule has 0 radical (unpaired) electrons. The van der Waals surface area contributed by atoms with Crippen molar-refractivity contribution >= 4 is 5.91 Å². The number of nitrogens with zero attached hydrogens (tertiary/aromatic N) is 1. The lowest BCUT2D eigenvalue weighted by Gasteiger charge is -2.12. The van der Waals surface area contributed by atoms with E-state index in [9.17, 15) is 13.6 Å². The second-order valence-electron chi connectivity index (χ2n) is 4.14. The van der Waals surface area contributed by atoms with E-state index in [0.29, 0.717) is 5.82 Å². The summed E-state index contributed by atoms with van der Waals surface area (Å²) in [5, 5.41) is 2.62. The number of carbonyl (C=O) groups is 1. The minimum absolute atomic E-state index is 0.230. The van der Waals surface area contributed by atoms with Gasteiger partial charge in [0.25, 0.3) is 0 Å². The van der Waals surface area contributed by atoms with Gasteiger partial charge in [-0.25, -0.2) is 13.8 Å². The summed E-state index contributed by atoms with van der Waals surface area (Å²) < 4.78 is 26.8. The smallest absolute Gasteiger partial charge is 0.225 e. The standard InChI is InChI=1S/C13H13F2N3O/c1-8(13-16-5-6-17-13)18-12(19)7-9-10(14)3-2-4-11(9)15/h2-6,8H,7H2,1H3,(H,16,17)(H,18,19). The topological polar surface area (TPSA) is 57.8 Å². The van der Waals surface area contributed by atoms with Crippen molar-refractivity contribution in [2.75, 3.05) is 0 Å². The molecule has 0 bridgehead atoms. The van der Waals surface area contributed by atoms with Crippen LogP contribution in [0.2, 0.25) is 0 Å². The Kier molecular flexibility index (Phi) is 3.89. The normalized spacial score (nSPS) is 12.2. The third kappa shape index (κ3) is 3.15. The summed E-state index contributed by atoms with van der Waals surface area (Å²) in [6.07, 6.45) is 2.85. The second kappa shape index (κ2) is 5.60. The van der Waals surface area contributed by atoms with E-state index in [2.05, 4.69) is 15.3 Å². The Balaban J connectivity index is 2.02. The van der Waals surface area contributed by atoms with Crippen molar-refractivity contribution in [1.29, 1.82) is 0 Å². The maximum Gasteiger partial charge on any atom is 0.225 e. The van der Waals surface area contributed by atoms with Crippen LogP contribution in [0.5, 0.6) is 0 Å². The molecule has 0 saturated carbocycles. The van der Waals surface area contributed by atoms with E-state index in [-0.39, 0.29) is 18.0 Å². The number of aromatic amines is 1. The Hall–Kier alpha value is -2.24. The number of aromatic nitrogens is 2. The molecule has 0 spiro atoms. The van der Waals surface area contributed by atoms with Crippen LogP contribution >= 0.6 is 0 Å². The summed E-state index contributed by atoms with van der Waals surface area (Å²) in [5.74, 6) is -1.32. The van der Waals surface area contributed by atoms with Crippen LogP contribution in [0.3, 0.4) is 0 Å². The van der Waals surface area contributed by atoms with Crippen LogP contribution in [0.25, 0.3) is 0 Å². The third-order valence-electron chi connectivity index (χ3n) is 2.71. The van der Waals surface area contributed by atoms with Crippen LogP contribution in [0, 0.1) is 11.6 Å². The number of imidazole rings is 1. The van der Waals surface area contributed by atoms with E-state index in [0.717, 1.165) is 12.1 Å². The van der Waals surface area contributed by atoms with Crippen LogP contribution in [-0.2, 0) is 11.2 Å². The highest BCUT2D eigenvalue weighted by molar-refractivity contribution is 5.79. The molecule has 2 rings (SSSR count). The van der Waals surface area contributed by atoms with Gasteiger partial charge in [-0.3, -0.25) is 4.79 Å². The molecule has 2 N–H and O–H groups in total. The van der Waals surface area contributed by atoms with Crippen molar-refractivity contribution < 1.29 is 13.6 Å². The van der Waals surface area contributed by atoms with Gasteiger partial charge in [0, 0.05) is 18.0 Å². The summed E-state index contributed by atoms with van der Waals surface area (Å²) in [4.78, 5) is 18.6. The summed E-state index contributed by atoms with van der Waals surface area (Å²) in [6.45, 7) is 1.73. The molecule has 0 aliphatic heterocycles. The molecule has 2 aromatic rings. The number of benzene rings is 1. The minimum atomic E-state index is -0.721. The van der Waals surface area contributed by atoms with Crippen molar-refractivity contribution in [3.8, 4) is 0 Å². The van der Waals surface area contributed by atoms with E-state index in [1.165, 1.54) is 6.07 Å². The molecule has 0 fully saturated rings. The van der Waals surface area contributed by atoms with Gasteiger partial charge in [-0.1, -0.05) is 6.07 Å². The first-order valence-electron chi connectivity index (χ1n) is 5.79. The zero-order valence-electron chi connectivity index (χ0n) is 10.3. The molecule has 0 aliphatic rings. The largest absolute Gasteiger partial charge is 0.347 e. The number of nitrogens with one attached hydrogen (secondary N) is 2. The number of amides is 1. The zero-order chi connectivity index (χ0) is 13.8. The fourth-order valence-corrected chi connectivity index (χ4v) is 1.74. The van der Waals surface area contributed by atoms with Gasteiger partial charge in [0.1, 0.15) is 17.5 Å².